The predicted molar refractivity (Wildman–Crippen MR) is 61.8 cm³/mol. The highest BCUT2D eigenvalue weighted by molar-refractivity contribution is 4.91. The summed E-state index contributed by atoms with van der Waals surface area (Å²) in [6.45, 7) is 8.96. The van der Waals surface area contributed by atoms with Gasteiger partial charge in [-0.05, 0) is 31.1 Å². The summed E-state index contributed by atoms with van der Waals surface area (Å²) >= 11 is 0. The van der Waals surface area contributed by atoms with Gasteiger partial charge in [-0.15, -0.1) is 0 Å². The minimum absolute atomic E-state index is 0.719. The lowest BCUT2D eigenvalue weighted by molar-refractivity contribution is 0.542. The molecule has 0 amide bonds. The largest absolute Gasteiger partial charge is 0.0885 e. The first-order chi connectivity index (χ1) is 6.20. The van der Waals surface area contributed by atoms with Crippen molar-refractivity contribution in [3.05, 3.63) is 24.3 Å². The Morgan fingerprint density at radius 3 is 1.54 bits per heavy atom. The van der Waals surface area contributed by atoms with Crippen LogP contribution in [-0.2, 0) is 0 Å². The summed E-state index contributed by atoms with van der Waals surface area (Å²) in [7, 11) is 0. The smallest absolute Gasteiger partial charge is 0.0256 e. The zero-order valence-electron chi connectivity index (χ0n) is 9.59. The molecule has 0 bridgehead atoms. The van der Waals surface area contributed by atoms with Gasteiger partial charge in [0, 0.05) is 0 Å². The average Bonchev–Trinajstić information content (AvgIpc) is 2.11. The van der Waals surface area contributed by atoms with Crippen molar-refractivity contribution in [3.8, 4) is 0 Å². The molecule has 0 nitrogen and oxygen atoms in total. The standard InChI is InChI=1S/C13H24/c1-5-7-9-12(3)11-13(4)10-8-6-2/h7-10,12-13H,5-6,11H2,1-4H3. The van der Waals surface area contributed by atoms with Crippen LogP contribution in [0.2, 0.25) is 0 Å². The molecule has 0 heteroatoms. The summed E-state index contributed by atoms with van der Waals surface area (Å²) in [5, 5.41) is 0. The first kappa shape index (κ1) is 12.5. The lowest BCUT2D eigenvalue weighted by Gasteiger charge is -2.10. The molecule has 0 heterocycles. The van der Waals surface area contributed by atoms with Crippen molar-refractivity contribution in [2.75, 3.05) is 0 Å². The van der Waals surface area contributed by atoms with Crippen LogP contribution < -0.4 is 0 Å². The van der Waals surface area contributed by atoms with Crippen LogP contribution in [-0.4, -0.2) is 0 Å². The molecule has 0 saturated carbocycles. The second kappa shape index (κ2) is 8.10. The molecule has 2 unspecified atom stereocenters. The predicted octanol–water partition coefficient (Wildman–Crippen LogP) is 4.58. The molecule has 0 saturated heterocycles. The van der Waals surface area contributed by atoms with Crippen LogP contribution in [0.3, 0.4) is 0 Å². The Bertz CT molecular complexity index is 135. The maximum absolute atomic E-state index is 2.33. The third kappa shape index (κ3) is 7.83. The summed E-state index contributed by atoms with van der Waals surface area (Å²) < 4.78 is 0. The van der Waals surface area contributed by atoms with Gasteiger partial charge >= 0.3 is 0 Å². The van der Waals surface area contributed by atoms with E-state index in [1.165, 1.54) is 6.42 Å². The SMILES string of the molecule is CCC=CC(C)CC(C)C=CCC. The molecule has 0 aromatic carbocycles. The summed E-state index contributed by atoms with van der Waals surface area (Å²) in [6.07, 6.45) is 12.8. The van der Waals surface area contributed by atoms with Crippen molar-refractivity contribution >= 4 is 0 Å². The highest BCUT2D eigenvalue weighted by atomic mass is 14.1. The van der Waals surface area contributed by atoms with Crippen molar-refractivity contribution in [3.63, 3.8) is 0 Å². The van der Waals surface area contributed by atoms with Crippen LogP contribution in [0.4, 0.5) is 0 Å². The molecule has 0 aliphatic carbocycles. The third-order valence-electron chi connectivity index (χ3n) is 2.14. The summed E-state index contributed by atoms with van der Waals surface area (Å²) in [5.74, 6) is 1.44. The molecule has 0 spiro atoms. The minimum atomic E-state index is 0.719. The number of hydrogen-bond donors (Lipinski definition) is 0. The number of rotatable bonds is 6. The lowest BCUT2D eigenvalue weighted by atomic mass is 9.96. The molecule has 0 aliphatic rings. The van der Waals surface area contributed by atoms with Crippen LogP contribution in [0.5, 0.6) is 0 Å². The third-order valence-corrected chi connectivity index (χ3v) is 2.14. The topological polar surface area (TPSA) is 0 Å². The average molecular weight is 180 g/mol. The quantitative estimate of drug-likeness (QED) is 0.525. The molecule has 13 heavy (non-hydrogen) atoms. The fourth-order valence-corrected chi connectivity index (χ4v) is 1.48. The molecule has 0 aromatic rings. The first-order valence-electron chi connectivity index (χ1n) is 5.54. The van der Waals surface area contributed by atoms with Crippen LogP contribution in [0.15, 0.2) is 24.3 Å². The molecular weight excluding hydrogens is 156 g/mol. The Kier molecular flexibility index (Phi) is 7.77. The Labute approximate surface area is 83.7 Å². The molecule has 76 valence electrons. The minimum Gasteiger partial charge on any atom is -0.0885 e. The maximum atomic E-state index is 2.33. The van der Waals surface area contributed by atoms with Gasteiger partial charge in [-0.2, -0.15) is 0 Å². The van der Waals surface area contributed by atoms with E-state index in [1.807, 2.05) is 0 Å². The van der Waals surface area contributed by atoms with Crippen molar-refractivity contribution in [1.29, 1.82) is 0 Å². The van der Waals surface area contributed by atoms with Crippen molar-refractivity contribution in [1.82, 2.24) is 0 Å². The van der Waals surface area contributed by atoms with Gasteiger partial charge in [0.05, 0.1) is 0 Å². The van der Waals surface area contributed by atoms with Crippen molar-refractivity contribution < 1.29 is 0 Å². The summed E-state index contributed by atoms with van der Waals surface area (Å²) in [5.41, 5.74) is 0. The molecule has 0 rings (SSSR count). The number of hydrogen-bond acceptors (Lipinski definition) is 0. The lowest BCUT2D eigenvalue weighted by Crippen LogP contribution is -1.97. The maximum Gasteiger partial charge on any atom is -0.0256 e. The second-order valence-corrected chi connectivity index (χ2v) is 3.86. The summed E-state index contributed by atoms with van der Waals surface area (Å²) in [6, 6.07) is 0. The van der Waals surface area contributed by atoms with Crippen LogP contribution >= 0.6 is 0 Å². The van der Waals surface area contributed by atoms with Gasteiger partial charge in [-0.25, -0.2) is 0 Å². The second-order valence-electron chi connectivity index (χ2n) is 3.86. The molecule has 0 fully saturated rings. The Hall–Kier alpha value is -0.520. The van der Waals surface area contributed by atoms with Gasteiger partial charge in [0.1, 0.15) is 0 Å². The molecular formula is C13H24. The normalized spacial score (nSPS) is 16.9. The zero-order valence-corrected chi connectivity index (χ0v) is 9.59. The highest BCUT2D eigenvalue weighted by Crippen LogP contribution is 2.14. The van der Waals surface area contributed by atoms with E-state index in [0.717, 1.165) is 24.7 Å². The van der Waals surface area contributed by atoms with Gasteiger partial charge in [0.15, 0.2) is 0 Å². The van der Waals surface area contributed by atoms with E-state index in [2.05, 4.69) is 52.0 Å². The van der Waals surface area contributed by atoms with E-state index < -0.39 is 0 Å². The highest BCUT2D eigenvalue weighted by Gasteiger charge is 2.01. The molecule has 2 atom stereocenters. The van der Waals surface area contributed by atoms with Crippen LogP contribution in [0.25, 0.3) is 0 Å². The molecule has 0 aromatic heterocycles. The van der Waals surface area contributed by atoms with Gasteiger partial charge in [-0.1, -0.05) is 52.0 Å². The van der Waals surface area contributed by atoms with Gasteiger partial charge < -0.3 is 0 Å². The van der Waals surface area contributed by atoms with E-state index in [4.69, 9.17) is 0 Å². The van der Waals surface area contributed by atoms with Gasteiger partial charge in [-0.3, -0.25) is 0 Å². The van der Waals surface area contributed by atoms with E-state index in [1.54, 1.807) is 0 Å². The van der Waals surface area contributed by atoms with E-state index >= 15 is 0 Å². The van der Waals surface area contributed by atoms with E-state index in [0.29, 0.717) is 0 Å². The molecule has 0 N–H and O–H groups in total. The summed E-state index contributed by atoms with van der Waals surface area (Å²) in [4.78, 5) is 0. The Morgan fingerprint density at radius 2 is 1.23 bits per heavy atom. The van der Waals surface area contributed by atoms with Gasteiger partial charge in [0.2, 0.25) is 0 Å². The van der Waals surface area contributed by atoms with E-state index in [9.17, 15) is 0 Å². The van der Waals surface area contributed by atoms with Crippen molar-refractivity contribution in [2.45, 2.75) is 47.0 Å². The monoisotopic (exact) mass is 180 g/mol. The van der Waals surface area contributed by atoms with Crippen molar-refractivity contribution in [2.24, 2.45) is 11.8 Å². The van der Waals surface area contributed by atoms with Gasteiger partial charge in [0.25, 0.3) is 0 Å². The zero-order chi connectivity index (χ0) is 10.1. The molecule has 0 aliphatic heterocycles. The first-order valence-corrected chi connectivity index (χ1v) is 5.54. The van der Waals surface area contributed by atoms with E-state index in [-0.39, 0.29) is 0 Å². The molecule has 0 radical (unpaired) electrons. The number of allylic oxidation sites excluding steroid dienone is 4. The Balaban J connectivity index is 3.70. The fraction of sp³-hybridized carbons (Fsp3) is 0.692. The Morgan fingerprint density at radius 1 is 0.846 bits per heavy atom. The van der Waals surface area contributed by atoms with Crippen LogP contribution in [0.1, 0.15) is 47.0 Å². The van der Waals surface area contributed by atoms with Crippen LogP contribution in [0, 0.1) is 11.8 Å². The fourth-order valence-electron chi connectivity index (χ4n) is 1.48.